The molecule has 0 aromatic heterocycles. The van der Waals surface area contributed by atoms with Gasteiger partial charge in [0.25, 0.3) is 5.91 Å². The molecule has 1 amide bonds. The smallest absolute Gasteiger partial charge is 0.263 e. The third-order valence-corrected chi connectivity index (χ3v) is 2.34. The second-order valence-corrected chi connectivity index (χ2v) is 3.94. The molecule has 100 valence electrons. The van der Waals surface area contributed by atoms with Crippen LogP contribution in [0.5, 0.6) is 0 Å². The van der Waals surface area contributed by atoms with Gasteiger partial charge in [-0.15, -0.1) is 0 Å². The standard InChI is InChI=1S/C14H16FN3O/c1-2-6-18-14(19)12(8-16)10-17-9-11-4-3-5-13(15)7-11/h3-5,7,10,17H,2,6,9H2,1H3,(H,18,19)/b12-10-. The number of hydrogen-bond acceptors (Lipinski definition) is 3. The highest BCUT2D eigenvalue weighted by molar-refractivity contribution is 5.97. The van der Waals surface area contributed by atoms with Crippen LogP contribution in [-0.2, 0) is 11.3 Å². The zero-order chi connectivity index (χ0) is 14.1. The number of nitrogens with one attached hydrogen (secondary N) is 2. The van der Waals surface area contributed by atoms with E-state index >= 15 is 0 Å². The summed E-state index contributed by atoms with van der Waals surface area (Å²) in [6.45, 7) is 2.81. The van der Waals surface area contributed by atoms with Gasteiger partial charge in [0.15, 0.2) is 0 Å². The van der Waals surface area contributed by atoms with E-state index in [9.17, 15) is 9.18 Å². The van der Waals surface area contributed by atoms with Crippen LogP contribution >= 0.6 is 0 Å². The van der Waals surface area contributed by atoms with Crippen LogP contribution in [0.4, 0.5) is 4.39 Å². The Morgan fingerprint density at radius 1 is 1.53 bits per heavy atom. The summed E-state index contributed by atoms with van der Waals surface area (Å²) in [7, 11) is 0. The summed E-state index contributed by atoms with van der Waals surface area (Å²) < 4.78 is 12.9. The van der Waals surface area contributed by atoms with E-state index in [1.54, 1.807) is 12.1 Å². The number of amides is 1. The first-order valence-electron chi connectivity index (χ1n) is 6.03. The Morgan fingerprint density at radius 2 is 2.32 bits per heavy atom. The number of hydrogen-bond donors (Lipinski definition) is 2. The van der Waals surface area contributed by atoms with Gasteiger partial charge in [-0.05, 0) is 24.1 Å². The number of carbonyl (C=O) groups excluding carboxylic acids is 1. The summed E-state index contributed by atoms with van der Waals surface area (Å²) in [6, 6.07) is 7.94. The van der Waals surface area contributed by atoms with Gasteiger partial charge >= 0.3 is 0 Å². The Bertz CT molecular complexity index is 506. The fourth-order valence-corrected chi connectivity index (χ4v) is 1.40. The van der Waals surface area contributed by atoms with Crippen molar-refractivity contribution in [3.63, 3.8) is 0 Å². The molecular formula is C14H16FN3O. The molecular weight excluding hydrogens is 245 g/mol. The highest BCUT2D eigenvalue weighted by atomic mass is 19.1. The predicted molar refractivity (Wildman–Crippen MR) is 70.2 cm³/mol. The number of nitrogens with zero attached hydrogens (tertiary/aromatic N) is 1. The molecule has 0 unspecified atom stereocenters. The summed E-state index contributed by atoms with van der Waals surface area (Å²) >= 11 is 0. The first kappa shape index (κ1) is 14.7. The molecule has 1 aromatic carbocycles. The number of carbonyl (C=O) groups is 1. The SMILES string of the molecule is CCCNC(=O)/C(C#N)=C\NCc1cccc(F)c1. The molecule has 0 saturated heterocycles. The van der Waals surface area contributed by atoms with E-state index in [0.29, 0.717) is 13.1 Å². The van der Waals surface area contributed by atoms with Gasteiger partial charge in [0, 0.05) is 19.3 Å². The third kappa shape index (κ3) is 5.21. The molecule has 0 fully saturated rings. The van der Waals surface area contributed by atoms with Crippen LogP contribution in [0, 0.1) is 17.1 Å². The normalized spacial score (nSPS) is 10.7. The van der Waals surface area contributed by atoms with Crippen molar-refractivity contribution in [2.24, 2.45) is 0 Å². The number of rotatable bonds is 6. The first-order valence-corrected chi connectivity index (χ1v) is 6.03. The van der Waals surface area contributed by atoms with Gasteiger partial charge in [0.1, 0.15) is 17.5 Å². The Labute approximate surface area is 111 Å². The average molecular weight is 261 g/mol. The van der Waals surface area contributed by atoms with Crippen molar-refractivity contribution in [2.75, 3.05) is 6.54 Å². The van der Waals surface area contributed by atoms with Crippen molar-refractivity contribution >= 4 is 5.91 Å². The average Bonchev–Trinajstić information content (AvgIpc) is 2.41. The largest absolute Gasteiger partial charge is 0.386 e. The fourth-order valence-electron chi connectivity index (χ4n) is 1.40. The molecule has 0 aliphatic carbocycles. The molecule has 5 heteroatoms. The Kier molecular flexibility index (Phi) is 6.10. The molecule has 1 aromatic rings. The van der Waals surface area contributed by atoms with Crippen LogP contribution in [0.1, 0.15) is 18.9 Å². The zero-order valence-corrected chi connectivity index (χ0v) is 10.7. The lowest BCUT2D eigenvalue weighted by molar-refractivity contribution is -0.117. The van der Waals surface area contributed by atoms with Crippen LogP contribution in [0.2, 0.25) is 0 Å². The summed E-state index contributed by atoms with van der Waals surface area (Å²) in [5.41, 5.74) is 0.743. The molecule has 0 atom stereocenters. The van der Waals surface area contributed by atoms with Crippen LogP contribution in [0.3, 0.4) is 0 Å². The van der Waals surface area contributed by atoms with Crippen molar-refractivity contribution in [2.45, 2.75) is 19.9 Å². The van der Waals surface area contributed by atoms with Gasteiger partial charge in [-0.2, -0.15) is 5.26 Å². The van der Waals surface area contributed by atoms with E-state index in [4.69, 9.17) is 5.26 Å². The summed E-state index contributed by atoms with van der Waals surface area (Å²) in [5.74, 6) is -0.722. The van der Waals surface area contributed by atoms with Crippen molar-refractivity contribution < 1.29 is 9.18 Å². The van der Waals surface area contributed by atoms with Gasteiger partial charge in [0.05, 0.1) is 0 Å². The quantitative estimate of drug-likeness (QED) is 0.606. The van der Waals surface area contributed by atoms with Crippen LogP contribution < -0.4 is 10.6 Å². The number of nitriles is 1. The minimum absolute atomic E-state index is 0.00449. The molecule has 2 N–H and O–H groups in total. The topological polar surface area (TPSA) is 64.9 Å². The maximum Gasteiger partial charge on any atom is 0.263 e. The highest BCUT2D eigenvalue weighted by Crippen LogP contribution is 2.03. The summed E-state index contributed by atoms with van der Waals surface area (Å²) in [6.07, 6.45) is 2.15. The van der Waals surface area contributed by atoms with E-state index in [2.05, 4.69) is 10.6 Å². The molecule has 1 rings (SSSR count). The lowest BCUT2D eigenvalue weighted by Crippen LogP contribution is -2.26. The molecule has 0 aliphatic rings. The molecule has 0 radical (unpaired) electrons. The van der Waals surface area contributed by atoms with Crippen molar-refractivity contribution in [1.82, 2.24) is 10.6 Å². The third-order valence-electron chi connectivity index (χ3n) is 2.34. The maximum atomic E-state index is 12.9. The van der Waals surface area contributed by atoms with Gasteiger partial charge < -0.3 is 10.6 Å². The molecule has 0 spiro atoms. The van der Waals surface area contributed by atoms with Crippen molar-refractivity contribution in [1.29, 1.82) is 5.26 Å². The molecule has 4 nitrogen and oxygen atoms in total. The van der Waals surface area contributed by atoms with E-state index in [0.717, 1.165) is 12.0 Å². The monoisotopic (exact) mass is 261 g/mol. The van der Waals surface area contributed by atoms with E-state index in [1.807, 2.05) is 13.0 Å². The van der Waals surface area contributed by atoms with Gasteiger partial charge in [-0.3, -0.25) is 4.79 Å². The molecule has 19 heavy (non-hydrogen) atoms. The van der Waals surface area contributed by atoms with Crippen LogP contribution in [0.25, 0.3) is 0 Å². The first-order chi connectivity index (χ1) is 9.17. The van der Waals surface area contributed by atoms with Gasteiger partial charge in [0.2, 0.25) is 0 Å². The van der Waals surface area contributed by atoms with Crippen LogP contribution in [0.15, 0.2) is 36.0 Å². The predicted octanol–water partition coefficient (Wildman–Crippen LogP) is 1.85. The summed E-state index contributed by atoms with van der Waals surface area (Å²) in [5, 5.41) is 14.3. The molecule has 0 aliphatic heterocycles. The van der Waals surface area contributed by atoms with E-state index < -0.39 is 5.91 Å². The van der Waals surface area contributed by atoms with Crippen molar-refractivity contribution in [3.8, 4) is 6.07 Å². The zero-order valence-electron chi connectivity index (χ0n) is 10.7. The fraction of sp³-hybridized carbons (Fsp3) is 0.286. The van der Waals surface area contributed by atoms with Crippen molar-refractivity contribution in [3.05, 3.63) is 47.4 Å². The maximum absolute atomic E-state index is 12.9. The van der Waals surface area contributed by atoms with Crippen LogP contribution in [-0.4, -0.2) is 12.5 Å². The second-order valence-electron chi connectivity index (χ2n) is 3.94. The van der Waals surface area contributed by atoms with Gasteiger partial charge in [-0.25, -0.2) is 4.39 Å². The van der Waals surface area contributed by atoms with E-state index in [1.165, 1.54) is 18.3 Å². The Balaban J connectivity index is 2.54. The highest BCUT2D eigenvalue weighted by Gasteiger charge is 2.06. The number of halogens is 1. The molecule has 0 bridgehead atoms. The lowest BCUT2D eigenvalue weighted by atomic mass is 10.2. The second kappa shape index (κ2) is 7.88. The molecule has 0 saturated carbocycles. The van der Waals surface area contributed by atoms with E-state index in [-0.39, 0.29) is 11.4 Å². The number of benzene rings is 1. The summed E-state index contributed by atoms with van der Waals surface area (Å²) in [4.78, 5) is 11.5. The molecule has 0 heterocycles. The Hall–Kier alpha value is -2.35. The Morgan fingerprint density at radius 3 is 2.95 bits per heavy atom. The van der Waals surface area contributed by atoms with Gasteiger partial charge in [-0.1, -0.05) is 19.1 Å². The lowest BCUT2D eigenvalue weighted by Gasteiger charge is -2.04. The minimum atomic E-state index is -0.406. The minimum Gasteiger partial charge on any atom is -0.386 e.